The molecule has 12 heavy (non-hydrogen) atoms. The molecule has 1 N–H and O–H groups in total. The van der Waals surface area contributed by atoms with E-state index < -0.39 is 0 Å². The number of nitrogens with one attached hydrogen (secondary N) is 1. The van der Waals surface area contributed by atoms with Crippen molar-refractivity contribution in [3.63, 3.8) is 0 Å². The Morgan fingerprint density at radius 2 is 2.33 bits per heavy atom. The summed E-state index contributed by atoms with van der Waals surface area (Å²) in [4.78, 5) is 0. The lowest BCUT2D eigenvalue weighted by Crippen LogP contribution is -2.09. The molecule has 0 bridgehead atoms. The van der Waals surface area contributed by atoms with Crippen LogP contribution in [0.25, 0.3) is 0 Å². The Bertz CT molecular complexity index is 243. The van der Waals surface area contributed by atoms with Crippen molar-refractivity contribution in [1.82, 2.24) is 5.32 Å². The molecule has 2 nitrogen and oxygen atoms in total. The van der Waals surface area contributed by atoms with E-state index in [2.05, 4.69) is 17.5 Å². The first-order valence-corrected chi connectivity index (χ1v) is 4.30. The predicted octanol–water partition coefficient (Wildman–Crippen LogP) is 1.77. The van der Waals surface area contributed by atoms with E-state index >= 15 is 0 Å². The summed E-state index contributed by atoms with van der Waals surface area (Å²) < 4.78 is 0. The van der Waals surface area contributed by atoms with Crippen LogP contribution in [0.4, 0.5) is 0 Å². The highest BCUT2D eigenvalue weighted by atomic mass is 14.8. The second-order valence-corrected chi connectivity index (χ2v) is 2.98. The van der Waals surface area contributed by atoms with Gasteiger partial charge in [0.25, 0.3) is 0 Å². The number of allylic oxidation sites excluding steroid dienone is 3. The van der Waals surface area contributed by atoms with Crippen molar-refractivity contribution >= 4 is 0 Å². The van der Waals surface area contributed by atoms with Crippen LogP contribution in [0, 0.1) is 11.3 Å². The van der Waals surface area contributed by atoms with Gasteiger partial charge < -0.3 is 5.32 Å². The third-order valence-corrected chi connectivity index (χ3v) is 2.08. The predicted molar refractivity (Wildman–Crippen MR) is 49.6 cm³/mol. The van der Waals surface area contributed by atoms with Crippen LogP contribution in [0.1, 0.15) is 19.3 Å². The molecule has 0 unspecified atom stereocenters. The molecule has 0 saturated carbocycles. The first-order valence-electron chi connectivity index (χ1n) is 4.30. The molecule has 0 radical (unpaired) electrons. The van der Waals surface area contributed by atoms with Crippen LogP contribution in [0.15, 0.2) is 23.3 Å². The zero-order chi connectivity index (χ0) is 8.81. The third-order valence-electron chi connectivity index (χ3n) is 2.08. The Hall–Kier alpha value is -1.07. The van der Waals surface area contributed by atoms with Crippen LogP contribution in [0.5, 0.6) is 0 Å². The second kappa shape index (κ2) is 4.74. The molecule has 0 aromatic rings. The average Bonchev–Trinajstić information content (AvgIpc) is 2.15. The average molecular weight is 162 g/mol. The van der Waals surface area contributed by atoms with Gasteiger partial charge in [0.2, 0.25) is 0 Å². The van der Waals surface area contributed by atoms with Gasteiger partial charge in [-0.2, -0.15) is 5.26 Å². The molecule has 2 heteroatoms. The van der Waals surface area contributed by atoms with Crippen LogP contribution in [0.2, 0.25) is 0 Å². The van der Waals surface area contributed by atoms with Crippen LogP contribution < -0.4 is 5.32 Å². The van der Waals surface area contributed by atoms with E-state index in [1.807, 2.05) is 13.1 Å². The van der Waals surface area contributed by atoms with E-state index in [0.717, 1.165) is 31.4 Å². The molecule has 0 spiro atoms. The van der Waals surface area contributed by atoms with Gasteiger partial charge in [0.1, 0.15) is 0 Å². The van der Waals surface area contributed by atoms with Gasteiger partial charge in [-0.15, -0.1) is 0 Å². The van der Waals surface area contributed by atoms with Crippen molar-refractivity contribution in [1.29, 1.82) is 5.26 Å². The maximum Gasteiger partial charge on any atom is 0.0947 e. The fourth-order valence-electron chi connectivity index (χ4n) is 1.27. The summed E-state index contributed by atoms with van der Waals surface area (Å²) in [6.45, 7) is 1.03. The summed E-state index contributed by atoms with van der Waals surface area (Å²) in [5, 5.41) is 11.7. The maximum atomic E-state index is 8.59. The number of nitrogens with zero attached hydrogens (tertiary/aromatic N) is 1. The maximum absolute atomic E-state index is 8.59. The van der Waals surface area contributed by atoms with Crippen molar-refractivity contribution in [2.45, 2.75) is 19.3 Å². The van der Waals surface area contributed by atoms with Crippen LogP contribution in [-0.4, -0.2) is 13.6 Å². The van der Waals surface area contributed by atoms with E-state index in [1.165, 1.54) is 5.57 Å². The third kappa shape index (κ3) is 2.52. The van der Waals surface area contributed by atoms with Gasteiger partial charge in [-0.1, -0.05) is 11.6 Å². The molecule has 1 aliphatic rings. The molecule has 0 fully saturated rings. The molecule has 0 aromatic heterocycles. The fourth-order valence-corrected chi connectivity index (χ4v) is 1.27. The van der Waals surface area contributed by atoms with E-state index in [-0.39, 0.29) is 0 Å². The largest absolute Gasteiger partial charge is 0.319 e. The standard InChI is InChI=1S/C10H14N2/c1-12-7-6-9-2-4-10(8-11)5-3-9/h2,4,12H,3,5-7H2,1H3. The Morgan fingerprint density at radius 3 is 2.83 bits per heavy atom. The first kappa shape index (κ1) is 9.02. The van der Waals surface area contributed by atoms with E-state index in [1.54, 1.807) is 0 Å². The highest BCUT2D eigenvalue weighted by Gasteiger charge is 2.04. The summed E-state index contributed by atoms with van der Waals surface area (Å²) >= 11 is 0. The topological polar surface area (TPSA) is 35.8 Å². The first-order chi connectivity index (χ1) is 5.86. The monoisotopic (exact) mass is 162 g/mol. The summed E-state index contributed by atoms with van der Waals surface area (Å²) in [6.07, 6.45) is 7.10. The minimum absolute atomic E-state index is 0.906. The Labute approximate surface area is 73.6 Å². The van der Waals surface area contributed by atoms with Crippen molar-refractivity contribution < 1.29 is 0 Å². The highest BCUT2D eigenvalue weighted by molar-refractivity contribution is 5.32. The van der Waals surface area contributed by atoms with Crippen LogP contribution in [-0.2, 0) is 0 Å². The summed E-state index contributed by atoms with van der Waals surface area (Å²) in [7, 11) is 1.96. The van der Waals surface area contributed by atoms with E-state index in [4.69, 9.17) is 5.26 Å². The quantitative estimate of drug-likeness (QED) is 0.686. The minimum atomic E-state index is 0.906. The lowest BCUT2D eigenvalue weighted by atomic mass is 9.97. The molecule has 0 saturated heterocycles. The van der Waals surface area contributed by atoms with Gasteiger partial charge in [0.15, 0.2) is 0 Å². The zero-order valence-electron chi connectivity index (χ0n) is 7.43. The SMILES string of the molecule is CNCCC1=CC=C(C#N)CC1. The van der Waals surface area contributed by atoms with Gasteiger partial charge in [0.05, 0.1) is 6.07 Å². The van der Waals surface area contributed by atoms with Crippen LogP contribution in [0.3, 0.4) is 0 Å². The molecule has 0 aromatic carbocycles. The molecular formula is C10H14N2. The van der Waals surface area contributed by atoms with Crippen molar-refractivity contribution in [2.75, 3.05) is 13.6 Å². The molecule has 1 aliphatic carbocycles. The number of hydrogen-bond donors (Lipinski definition) is 1. The molecule has 0 aliphatic heterocycles. The van der Waals surface area contributed by atoms with E-state index in [9.17, 15) is 0 Å². The number of hydrogen-bond acceptors (Lipinski definition) is 2. The van der Waals surface area contributed by atoms with Gasteiger partial charge in [-0.3, -0.25) is 0 Å². The Kier molecular flexibility index (Phi) is 3.56. The molecule has 64 valence electrons. The minimum Gasteiger partial charge on any atom is -0.319 e. The lowest BCUT2D eigenvalue weighted by Gasteiger charge is -2.09. The highest BCUT2D eigenvalue weighted by Crippen LogP contribution is 2.19. The van der Waals surface area contributed by atoms with E-state index in [0.29, 0.717) is 0 Å². The summed E-state index contributed by atoms with van der Waals surface area (Å²) in [5.74, 6) is 0. The van der Waals surface area contributed by atoms with Crippen LogP contribution >= 0.6 is 0 Å². The molecular weight excluding hydrogens is 148 g/mol. The smallest absolute Gasteiger partial charge is 0.0947 e. The van der Waals surface area contributed by atoms with Gasteiger partial charge in [0, 0.05) is 5.57 Å². The van der Waals surface area contributed by atoms with Gasteiger partial charge in [-0.05, 0) is 38.9 Å². The van der Waals surface area contributed by atoms with Gasteiger partial charge >= 0.3 is 0 Å². The molecule has 1 rings (SSSR count). The number of rotatable bonds is 3. The van der Waals surface area contributed by atoms with Crippen molar-refractivity contribution in [3.8, 4) is 6.07 Å². The summed E-state index contributed by atoms with van der Waals surface area (Å²) in [6, 6.07) is 2.18. The summed E-state index contributed by atoms with van der Waals surface area (Å²) in [5.41, 5.74) is 2.35. The normalized spacial score (nSPS) is 16.3. The fraction of sp³-hybridized carbons (Fsp3) is 0.500. The Balaban J connectivity index is 2.44. The molecule has 0 heterocycles. The van der Waals surface area contributed by atoms with Crippen molar-refractivity contribution in [3.05, 3.63) is 23.3 Å². The Morgan fingerprint density at radius 1 is 1.50 bits per heavy atom. The zero-order valence-corrected chi connectivity index (χ0v) is 7.43. The number of nitriles is 1. The van der Waals surface area contributed by atoms with Crippen molar-refractivity contribution in [2.24, 2.45) is 0 Å². The lowest BCUT2D eigenvalue weighted by molar-refractivity contribution is 0.749. The molecule has 0 atom stereocenters. The van der Waals surface area contributed by atoms with Gasteiger partial charge in [-0.25, -0.2) is 0 Å². The second-order valence-electron chi connectivity index (χ2n) is 2.98. The molecule has 0 amide bonds.